The van der Waals surface area contributed by atoms with Gasteiger partial charge in [-0.15, -0.1) is 0 Å². The van der Waals surface area contributed by atoms with Gasteiger partial charge in [-0.2, -0.15) is 0 Å². The van der Waals surface area contributed by atoms with Gasteiger partial charge in [0.15, 0.2) is 0 Å². The van der Waals surface area contributed by atoms with Crippen molar-refractivity contribution in [2.45, 2.75) is 31.6 Å². The standard InChI is InChI=1S/C12H14O3/c1-8-6-9(13)2-3-10(8)12(4-5-12)7-11(14)15/h2-3,6,13H,4-5,7H2,1H3,(H,14,15). The van der Waals surface area contributed by atoms with Crippen LogP contribution >= 0.6 is 0 Å². The number of benzene rings is 1. The number of aliphatic carboxylic acids is 1. The number of hydrogen-bond acceptors (Lipinski definition) is 2. The lowest BCUT2D eigenvalue weighted by atomic mass is 9.89. The third-order valence-corrected chi connectivity index (χ3v) is 3.12. The molecule has 1 saturated carbocycles. The van der Waals surface area contributed by atoms with Gasteiger partial charge in [0.1, 0.15) is 5.75 Å². The lowest BCUT2D eigenvalue weighted by Crippen LogP contribution is -2.14. The van der Waals surface area contributed by atoms with Crippen LogP contribution in [0.4, 0.5) is 0 Å². The SMILES string of the molecule is Cc1cc(O)ccc1C1(CC(=O)O)CC1. The van der Waals surface area contributed by atoms with Crippen LogP contribution in [0.15, 0.2) is 18.2 Å². The van der Waals surface area contributed by atoms with Crippen molar-refractivity contribution < 1.29 is 15.0 Å². The van der Waals surface area contributed by atoms with E-state index in [0.717, 1.165) is 24.0 Å². The first-order valence-electron chi connectivity index (χ1n) is 5.05. The average Bonchev–Trinajstić information content (AvgIpc) is 2.83. The smallest absolute Gasteiger partial charge is 0.304 e. The summed E-state index contributed by atoms with van der Waals surface area (Å²) >= 11 is 0. The van der Waals surface area contributed by atoms with Crippen LogP contribution in [-0.4, -0.2) is 16.2 Å². The summed E-state index contributed by atoms with van der Waals surface area (Å²) in [7, 11) is 0. The number of carboxylic acids is 1. The van der Waals surface area contributed by atoms with Crippen molar-refractivity contribution in [3.8, 4) is 5.75 Å². The van der Waals surface area contributed by atoms with Crippen LogP contribution in [0.25, 0.3) is 0 Å². The van der Waals surface area contributed by atoms with E-state index in [2.05, 4.69) is 0 Å². The van der Waals surface area contributed by atoms with E-state index in [1.165, 1.54) is 0 Å². The maximum absolute atomic E-state index is 10.8. The number of phenols is 1. The molecule has 1 aliphatic rings. The summed E-state index contributed by atoms with van der Waals surface area (Å²) < 4.78 is 0. The Morgan fingerprint density at radius 2 is 2.13 bits per heavy atom. The summed E-state index contributed by atoms with van der Waals surface area (Å²) in [5.41, 5.74) is 1.89. The molecule has 0 spiro atoms. The van der Waals surface area contributed by atoms with E-state index in [0.29, 0.717) is 0 Å². The second-order valence-electron chi connectivity index (χ2n) is 4.35. The minimum absolute atomic E-state index is 0.163. The highest BCUT2D eigenvalue weighted by molar-refractivity contribution is 5.70. The van der Waals surface area contributed by atoms with Crippen molar-refractivity contribution in [3.05, 3.63) is 29.3 Å². The summed E-state index contributed by atoms with van der Waals surface area (Å²) in [6, 6.07) is 5.17. The molecular weight excluding hydrogens is 192 g/mol. The van der Waals surface area contributed by atoms with E-state index < -0.39 is 5.97 Å². The zero-order valence-corrected chi connectivity index (χ0v) is 8.66. The molecule has 0 radical (unpaired) electrons. The maximum atomic E-state index is 10.8. The number of hydrogen-bond donors (Lipinski definition) is 2. The average molecular weight is 206 g/mol. The van der Waals surface area contributed by atoms with Gasteiger partial charge < -0.3 is 10.2 Å². The predicted molar refractivity (Wildman–Crippen MR) is 56.0 cm³/mol. The fraction of sp³-hybridized carbons (Fsp3) is 0.417. The molecule has 0 bridgehead atoms. The molecule has 3 heteroatoms. The molecule has 0 saturated heterocycles. The molecule has 0 aromatic heterocycles. The number of aryl methyl sites for hydroxylation is 1. The molecule has 2 rings (SSSR count). The molecule has 1 fully saturated rings. The Morgan fingerprint density at radius 1 is 1.47 bits per heavy atom. The summed E-state index contributed by atoms with van der Waals surface area (Å²) in [6.45, 7) is 1.91. The van der Waals surface area contributed by atoms with Gasteiger partial charge in [0, 0.05) is 5.41 Å². The van der Waals surface area contributed by atoms with Crippen LogP contribution in [0.5, 0.6) is 5.75 Å². The van der Waals surface area contributed by atoms with Gasteiger partial charge in [0.05, 0.1) is 6.42 Å². The highest BCUT2D eigenvalue weighted by atomic mass is 16.4. The van der Waals surface area contributed by atoms with Gasteiger partial charge in [-0.3, -0.25) is 4.79 Å². The fourth-order valence-electron chi connectivity index (χ4n) is 2.22. The van der Waals surface area contributed by atoms with Crippen molar-refractivity contribution in [3.63, 3.8) is 0 Å². The van der Waals surface area contributed by atoms with Crippen LogP contribution in [0.1, 0.15) is 30.4 Å². The second kappa shape index (κ2) is 3.26. The van der Waals surface area contributed by atoms with Gasteiger partial charge in [-0.25, -0.2) is 0 Å². The van der Waals surface area contributed by atoms with E-state index in [1.54, 1.807) is 12.1 Å². The van der Waals surface area contributed by atoms with Crippen LogP contribution < -0.4 is 0 Å². The second-order valence-corrected chi connectivity index (χ2v) is 4.35. The summed E-state index contributed by atoms with van der Waals surface area (Å²) in [4.78, 5) is 10.8. The Bertz CT molecular complexity index is 405. The van der Waals surface area contributed by atoms with Crippen LogP contribution in [0.3, 0.4) is 0 Å². The third kappa shape index (κ3) is 1.82. The number of aromatic hydroxyl groups is 1. The fourth-order valence-corrected chi connectivity index (χ4v) is 2.22. The Labute approximate surface area is 88.4 Å². The number of phenolic OH excluding ortho intramolecular Hbond substituents is 1. The molecule has 1 aromatic rings. The first kappa shape index (κ1) is 10.0. The highest BCUT2D eigenvalue weighted by Crippen LogP contribution is 2.52. The van der Waals surface area contributed by atoms with Crippen molar-refractivity contribution in [1.82, 2.24) is 0 Å². The first-order chi connectivity index (χ1) is 7.03. The van der Waals surface area contributed by atoms with E-state index in [4.69, 9.17) is 5.11 Å². The molecule has 3 nitrogen and oxygen atoms in total. The van der Waals surface area contributed by atoms with Gasteiger partial charge in [0.25, 0.3) is 0 Å². The molecule has 0 aliphatic heterocycles. The highest BCUT2D eigenvalue weighted by Gasteiger charge is 2.46. The number of carbonyl (C=O) groups is 1. The minimum Gasteiger partial charge on any atom is -0.508 e. The third-order valence-electron chi connectivity index (χ3n) is 3.12. The number of rotatable bonds is 3. The van der Waals surface area contributed by atoms with Crippen LogP contribution in [-0.2, 0) is 10.2 Å². The molecular formula is C12H14O3. The molecule has 0 unspecified atom stereocenters. The van der Waals surface area contributed by atoms with Crippen LogP contribution in [0, 0.1) is 6.92 Å². The normalized spacial score (nSPS) is 17.4. The van der Waals surface area contributed by atoms with Gasteiger partial charge in [-0.05, 0) is 43.0 Å². The molecule has 2 N–H and O–H groups in total. The van der Waals surface area contributed by atoms with Gasteiger partial charge >= 0.3 is 5.97 Å². The Morgan fingerprint density at radius 3 is 2.60 bits per heavy atom. The molecule has 1 aliphatic carbocycles. The molecule has 1 aromatic carbocycles. The topological polar surface area (TPSA) is 57.5 Å². The molecule has 0 heterocycles. The number of carboxylic acid groups (broad SMARTS) is 1. The monoisotopic (exact) mass is 206 g/mol. The first-order valence-corrected chi connectivity index (χ1v) is 5.05. The van der Waals surface area contributed by atoms with E-state index in [1.807, 2.05) is 13.0 Å². The summed E-state index contributed by atoms with van der Waals surface area (Å²) in [5.74, 6) is -0.512. The van der Waals surface area contributed by atoms with Crippen molar-refractivity contribution in [1.29, 1.82) is 0 Å². The lowest BCUT2D eigenvalue weighted by molar-refractivity contribution is -0.137. The van der Waals surface area contributed by atoms with Crippen LogP contribution in [0.2, 0.25) is 0 Å². The Balaban J connectivity index is 2.33. The van der Waals surface area contributed by atoms with Crippen molar-refractivity contribution in [2.24, 2.45) is 0 Å². The van der Waals surface area contributed by atoms with Gasteiger partial charge in [0.2, 0.25) is 0 Å². The minimum atomic E-state index is -0.750. The van der Waals surface area contributed by atoms with Crippen molar-refractivity contribution in [2.75, 3.05) is 0 Å². The zero-order chi connectivity index (χ0) is 11.1. The largest absolute Gasteiger partial charge is 0.508 e. The Kier molecular flexibility index (Phi) is 2.18. The quantitative estimate of drug-likeness (QED) is 0.797. The molecule has 0 atom stereocenters. The molecule has 15 heavy (non-hydrogen) atoms. The Hall–Kier alpha value is -1.51. The van der Waals surface area contributed by atoms with Gasteiger partial charge in [-0.1, -0.05) is 6.07 Å². The summed E-state index contributed by atoms with van der Waals surface area (Å²) in [5, 5.41) is 18.1. The van der Waals surface area contributed by atoms with E-state index in [9.17, 15) is 9.90 Å². The molecule has 0 amide bonds. The zero-order valence-electron chi connectivity index (χ0n) is 8.66. The van der Waals surface area contributed by atoms with Crippen molar-refractivity contribution >= 4 is 5.97 Å². The predicted octanol–water partition coefficient (Wildman–Crippen LogP) is 2.21. The molecule has 80 valence electrons. The van der Waals surface area contributed by atoms with E-state index in [-0.39, 0.29) is 17.6 Å². The summed E-state index contributed by atoms with van der Waals surface area (Å²) in [6.07, 6.45) is 2.06. The lowest BCUT2D eigenvalue weighted by Gasteiger charge is -2.16. The maximum Gasteiger partial charge on any atom is 0.304 e. The van der Waals surface area contributed by atoms with E-state index >= 15 is 0 Å².